The Morgan fingerprint density at radius 3 is 2.32 bits per heavy atom. The molecule has 100 valence electrons. The molecule has 1 aromatic heterocycles. The average molecular weight is 256 g/mol. The lowest BCUT2D eigenvalue weighted by Gasteiger charge is -2.10. The normalized spacial score (nSPS) is 15.2. The van der Waals surface area contributed by atoms with Gasteiger partial charge in [-0.05, 0) is 30.9 Å². The van der Waals surface area contributed by atoms with Crippen LogP contribution < -0.4 is 5.56 Å². The van der Waals surface area contributed by atoms with Crippen LogP contribution in [0.4, 0.5) is 0 Å². The summed E-state index contributed by atoms with van der Waals surface area (Å²) in [7, 11) is 2.01. The first-order chi connectivity index (χ1) is 9.11. The van der Waals surface area contributed by atoms with Crippen molar-refractivity contribution in [1.82, 2.24) is 9.36 Å². The Morgan fingerprint density at radius 2 is 1.79 bits per heavy atom. The van der Waals surface area contributed by atoms with Gasteiger partial charge in [0.25, 0.3) is 5.56 Å². The van der Waals surface area contributed by atoms with Gasteiger partial charge in [0.15, 0.2) is 0 Å². The topological polar surface area (TPSA) is 26.9 Å². The number of aromatic nitrogens is 2. The second-order valence-electron chi connectivity index (χ2n) is 5.70. The van der Waals surface area contributed by atoms with Crippen molar-refractivity contribution < 1.29 is 0 Å². The van der Waals surface area contributed by atoms with Gasteiger partial charge in [0.1, 0.15) is 0 Å². The molecule has 1 aliphatic rings. The lowest BCUT2D eigenvalue weighted by molar-refractivity contribution is 0.615. The molecule has 1 aliphatic carbocycles. The molecule has 1 fully saturated rings. The SMILES string of the molecule is CC(C)c1c(C2CC2)n(C)n(-c2ccccc2)c1=O. The lowest BCUT2D eigenvalue weighted by atomic mass is 10.0. The first kappa shape index (κ1) is 12.3. The van der Waals surface area contributed by atoms with Crippen LogP contribution in [0.5, 0.6) is 0 Å². The Hall–Kier alpha value is -1.77. The highest BCUT2D eigenvalue weighted by molar-refractivity contribution is 5.36. The summed E-state index contributed by atoms with van der Waals surface area (Å²) in [5, 5.41) is 0. The molecule has 2 aromatic rings. The van der Waals surface area contributed by atoms with Crippen molar-refractivity contribution in [2.75, 3.05) is 0 Å². The first-order valence-electron chi connectivity index (χ1n) is 6.98. The van der Waals surface area contributed by atoms with Gasteiger partial charge in [-0.3, -0.25) is 9.48 Å². The summed E-state index contributed by atoms with van der Waals surface area (Å²) < 4.78 is 3.87. The fourth-order valence-corrected chi connectivity index (χ4v) is 2.89. The fraction of sp³-hybridized carbons (Fsp3) is 0.438. The van der Waals surface area contributed by atoms with Crippen molar-refractivity contribution >= 4 is 0 Å². The van der Waals surface area contributed by atoms with Gasteiger partial charge in [-0.2, -0.15) is 0 Å². The maximum Gasteiger partial charge on any atom is 0.275 e. The molecule has 1 aromatic carbocycles. The molecule has 19 heavy (non-hydrogen) atoms. The van der Waals surface area contributed by atoms with Crippen LogP contribution in [0.15, 0.2) is 35.1 Å². The van der Waals surface area contributed by atoms with E-state index in [4.69, 9.17) is 0 Å². The Bertz CT molecular complexity index is 645. The summed E-state index contributed by atoms with van der Waals surface area (Å²) in [5.41, 5.74) is 3.33. The highest BCUT2D eigenvalue weighted by Gasteiger charge is 2.33. The third-order valence-electron chi connectivity index (χ3n) is 3.89. The molecule has 0 bridgehead atoms. The molecule has 3 rings (SSSR count). The summed E-state index contributed by atoms with van der Waals surface area (Å²) in [6, 6.07) is 9.90. The van der Waals surface area contributed by atoms with E-state index in [0.717, 1.165) is 11.3 Å². The molecule has 0 atom stereocenters. The van der Waals surface area contributed by atoms with Gasteiger partial charge in [0.05, 0.1) is 5.69 Å². The van der Waals surface area contributed by atoms with Crippen molar-refractivity contribution in [2.45, 2.75) is 38.5 Å². The van der Waals surface area contributed by atoms with Crippen LogP contribution >= 0.6 is 0 Å². The zero-order chi connectivity index (χ0) is 13.6. The van der Waals surface area contributed by atoms with E-state index < -0.39 is 0 Å². The zero-order valence-corrected chi connectivity index (χ0v) is 11.8. The Labute approximate surface area is 113 Å². The first-order valence-corrected chi connectivity index (χ1v) is 6.98. The standard InChI is InChI=1S/C16H20N2O/c1-11(2)14-15(12-9-10-12)17(3)18(16(14)19)13-7-5-4-6-8-13/h4-8,11-12H,9-10H2,1-3H3. The van der Waals surface area contributed by atoms with E-state index in [2.05, 4.69) is 18.5 Å². The quantitative estimate of drug-likeness (QED) is 0.828. The van der Waals surface area contributed by atoms with Crippen molar-refractivity contribution in [3.63, 3.8) is 0 Å². The predicted molar refractivity (Wildman–Crippen MR) is 77.1 cm³/mol. The molecular weight excluding hydrogens is 236 g/mol. The molecular formula is C16H20N2O. The fourth-order valence-electron chi connectivity index (χ4n) is 2.89. The maximum atomic E-state index is 12.7. The van der Waals surface area contributed by atoms with E-state index in [0.29, 0.717) is 5.92 Å². The van der Waals surface area contributed by atoms with Crippen LogP contribution in [0.2, 0.25) is 0 Å². The minimum atomic E-state index is 0.144. The van der Waals surface area contributed by atoms with Gasteiger partial charge in [-0.15, -0.1) is 0 Å². The van der Waals surface area contributed by atoms with E-state index in [1.807, 2.05) is 42.1 Å². The molecule has 1 heterocycles. The smallest absolute Gasteiger partial charge is 0.275 e. The van der Waals surface area contributed by atoms with E-state index in [1.165, 1.54) is 18.5 Å². The summed E-state index contributed by atoms with van der Waals surface area (Å²) >= 11 is 0. The highest BCUT2D eigenvalue weighted by Crippen LogP contribution is 2.42. The summed E-state index contributed by atoms with van der Waals surface area (Å²) in [4.78, 5) is 12.7. The molecule has 1 saturated carbocycles. The highest BCUT2D eigenvalue weighted by atomic mass is 16.1. The largest absolute Gasteiger partial charge is 0.284 e. The molecule has 0 radical (unpaired) electrons. The van der Waals surface area contributed by atoms with Crippen LogP contribution in [-0.4, -0.2) is 9.36 Å². The van der Waals surface area contributed by atoms with Crippen LogP contribution in [0, 0.1) is 0 Å². The molecule has 0 aliphatic heterocycles. The van der Waals surface area contributed by atoms with Gasteiger partial charge in [0.2, 0.25) is 0 Å². The molecule has 0 spiro atoms. The molecule has 0 unspecified atom stereocenters. The van der Waals surface area contributed by atoms with Crippen LogP contribution in [0.3, 0.4) is 0 Å². The number of hydrogen-bond acceptors (Lipinski definition) is 1. The van der Waals surface area contributed by atoms with Gasteiger partial charge in [-0.25, -0.2) is 4.68 Å². The number of benzene rings is 1. The van der Waals surface area contributed by atoms with Gasteiger partial charge < -0.3 is 0 Å². The Morgan fingerprint density at radius 1 is 1.16 bits per heavy atom. The molecule has 0 amide bonds. The number of hydrogen-bond donors (Lipinski definition) is 0. The maximum absolute atomic E-state index is 12.7. The monoisotopic (exact) mass is 256 g/mol. The summed E-state index contributed by atoms with van der Waals surface area (Å²) in [6.07, 6.45) is 2.43. The van der Waals surface area contributed by atoms with Crippen molar-refractivity contribution in [3.05, 3.63) is 51.9 Å². The Kier molecular flexibility index (Phi) is 2.85. The number of para-hydroxylation sites is 1. The summed E-state index contributed by atoms with van der Waals surface area (Å²) in [6.45, 7) is 4.22. The van der Waals surface area contributed by atoms with Crippen LogP contribution in [0.1, 0.15) is 49.8 Å². The third-order valence-corrected chi connectivity index (χ3v) is 3.89. The van der Waals surface area contributed by atoms with Crippen molar-refractivity contribution in [1.29, 1.82) is 0 Å². The van der Waals surface area contributed by atoms with Gasteiger partial charge >= 0.3 is 0 Å². The number of nitrogens with zero attached hydrogens (tertiary/aromatic N) is 2. The van der Waals surface area contributed by atoms with Crippen molar-refractivity contribution in [2.24, 2.45) is 7.05 Å². The van der Waals surface area contributed by atoms with Crippen molar-refractivity contribution in [3.8, 4) is 5.69 Å². The van der Waals surface area contributed by atoms with Gasteiger partial charge in [-0.1, -0.05) is 32.0 Å². The van der Waals surface area contributed by atoms with E-state index in [-0.39, 0.29) is 11.5 Å². The third kappa shape index (κ3) is 1.93. The second-order valence-corrected chi connectivity index (χ2v) is 5.70. The average Bonchev–Trinajstić information content (AvgIpc) is 3.17. The van der Waals surface area contributed by atoms with E-state index in [9.17, 15) is 4.79 Å². The zero-order valence-electron chi connectivity index (χ0n) is 11.8. The molecule has 3 heteroatoms. The predicted octanol–water partition coefficient (Wildman–Crippen LogP) is 3.18. The summed E-state index contributed by atoms with van der Waals surface area (Å²) in [5.74, 6) is 0.860. The van der Waals surface area contributed by atoms with Crippen LogP contribution in [0.25, 0.3) is 5.69 Å². The minimum absolute atomic E-state index is 0.144. The molecule has 0 N–H and O–H groups in total. The molecule has 3 nitrogen and oxygen atoms in total. The molecule has 0 saturated heterocycles. The lowest BCUT2D eigenvalue weighted by Crippen LogP contribution is -2.21. The minimum Gasteiger partial charge on any atom is -0.284 e. The Balaban J connectivity index is 2.27. The van der Waals surface area contributed by atoms with E-state index >= 15 is 0 Å². The second kappa shape index (κ2) is 4.41. The van der Waals surface area contributed by atoms with Gasteiger partial charge in [0, 0.05) is 24.2 Å². The van der Waals surface area contributed by atoms with Crippen LogP contribution in [-0.2, 0) is 7.05 Å². The van der Waals surface area contributed by atoms with E-state index in [1.54, 1.807) is 0 Å². The number of rotatable bonds is 3.